The van der Waals surface area contributed by atoms with Crippen LogP contribution in [0.1, 0.15) is 0 Å². The van der Waals surface area contributed by atoms with E-state index < -0.39 is 13.6 Å². The normalized spacial score (nSPS) is 16.9. The van der Waals surface area contributed by atoms with Crippen LogP contribution in [0.5, 0.6) is 0 Å². The van der Waals surface area contributed by atoms with Crippen molar-refractivity contribution in [1.82, 2.24) is 0 Å². The molecule has 0 aromatic heterocycles. The van der Waals surface area contributed by atoms with Gasteiger partial charge in [-0.15, -0.1) is 0 Å². The Morgan fingerprint density at radius 2 is 1.40 bits per heavy atom. The molecule has 1 atom stereocenters. The lowest BCUT2D eigenvalue weighted by Crippen LogP contribution is -1.99. The van der Waals surface area contributed by atoms with Gasteiger partial charge in [-0.25, -0.2) is 4.79 Å². The van der Waals surface area contributed by atoms with Crippen molar-refractivity contribution in [2.75, 3.05) is 6.16 Å². The third kappa shape index (κ3) is 5.60. The van der Waals surface area contributed by atoms with Crippen LogP contribution in [0.15, 0.2) is 92.2 Å². The molecule has 0 radical (unpaired) electrons. The molecule has 1 aliphatic rings. The molecule has 7 heteroatoms. The average molecular weight is 423 g/mol. The van der Waals surface area contributed by atoms with Gasteiger partial charge in [0, 0.05) is 25.5 Å². The van der Waals surface area contributed by atoms with E-state index >= 15 is 0 Å². The predicted octanol–water partition coefficient (Wildman–Crippen LogP) is 7.77. The number of hydrogen-bond donors (Lipinski definition) is 1. The number of rotatable bonds is 7. The van der Waals surface area contributed by atoms with Crippen molar-refractivity contribution in [1.29, 1.82) is 0 Å². The van der Waals surface area contributed by atoms with E-state index in [9.17, 15) is 9.90 Å². The van der Waals surface area contributed by atoms with Gasteiger partial charge in [-0.3, -0.25) is 0 Å². The first-order valence-corrected chi connectivity index (χ1v) is 13.3. The molecule has 128 valence electrons. The average Bonchev–Trinajstić information content (AvgIpc) is 2.66. The van der Waals surface area contributed by atoms with Crippen molar-refractivity contribution in [3.8, 4) is 0 Å². The zero-order valence-corrected chi connectivity index (χ0v) is 17.2. The van der Waals surface area contributed by atoms with Gasteiger partial charge in [-0.05, 0) is 24.3 Å². The van der Waals surface area contributed by atoms with Crippen molar-refractivity contribution >= 4 is 56.8 Å². The Morgan fingerprint density at radius 3 is 1.96 bits per heavy atom. The topological polar surface area (TPSA) is 37.3 Å². The summed E-state index contributed by atoms with van der Waals surface area (Å²) < 4.78 is 0.993. The van der Waals surface area contributed by atoms with Crippen LogP contribution < -0.4 is 0 Å². The quantitative estimate of drug-likeness (QED) is 0.363. The maximum Gasteiger partial charge on any atom is 0.329 e. The Morgan fingerprint density at radius 1 is 0.840 bits per heavy atom. The number of hydrogen-bond acceptors (Lipinski definition) is 5. The molecule has 2 aromatic rings. The molecule has 0 saturated carbocycles. The first kappa shape index (κ1) is 19.0. The largest absolute Gasteiger partial charge is 0.478 e. The van der Waals surface area contributed by atoms with Crippen LogP contribution in [0.3, 0.4) is 0 Å². The minimum Gasteiger partial charge on any atom is -0.478 e. The Labute approximate surface area is 164 Å². The van der Waals surface area contributed by atoms with Crippen LogP contribution in [-0.4, -0.2) is 17.0 Å². The lowest BCUT2D eigenvalue weighted by Gasteiger charge is -2.20. The third-order valence-corrected chi connectivity index (χ3v) is 11.2. The Bertz CT molecular complexity index is 778. The first-order chi connectivity index (χ1) is 12.2. The SMILES string of the molecule is O=C(O)P1CC=CC(SSc2ccccc2)=C1SSc1ccccc1. The summed E-state index contributed by atoms with van der Waals surface area (Å²) >= 11 is 0. The fourth-order valence-corrected chi connectivity index (χ4v) is 10.0. The minimum atomic E-state index is -1.19. The zero-order valence-electron chi connectivity index (χ0n) is 13.1. The van der Waals surface area contributed by atoms with Crippen molar-refractivity contribution < 1.29 is 9.90 Å². The fourth-order valence-electron chi connectivity index (χ4n) is 2.00. The fraction of sp³-hybridized carbons (Fsp3) is 0.0556. The van der Waals surface area contributed by atoms with Gasteiger partial charge < -0.3 is 5.11 Å². The molecule has 1 heterocycles. The van der Waals surface area contributed by atoms with Gasteiger partial charge in [0.05, 0.1) is 7.92 Å². The van der Waals surface area contributed by atoms with Gasteiger partial charge in [0.15, 0.2) is 0 Å². The summed E-state index contributed by atoms with van der Waals surface area (Å²) in [6, 6.07) is 20.2. The van der Waals surface area contributed by atoms with E-state index in [1.807, 2.05) is 54.6 Å². The number of carboxylic acid groups (broad SMARTS) is 1. The van der Waals surface area contributed by atoms with Crippen molar-refractivity contribution in [2.24, 2.45) is 0 Å². The summed E-state index contributed by atoms with van der Waals surface area (Å²) in [6.45, 7) is 0. The molecule has 3 rings (SSSR count). The minimum absolute atomic E-state index is 0.614. The molecule has 1 unspecified atom stereocenters. The van der Waals surface area contributed by atoms with Gasteiger partial charge in [0.2, 0.25) is 0 Å². The lowest BCUT2D eigenvalue weighted by atomic mass is 10.4. The van der Waals surface area contributed by atoms with Crippen molar-refractivity contribution in [3.05, 3.63) is 82.4 Å². The first-order valence-electron chi connectivity index (χ1n) is 7.44. The van der Waals surface area contributed by atoms with E-state index in [0.717, 1.165) is 14.4 Å². The number of benzene rings is 2. The molecule has 0 bridgehead atoms. The Balaban J connectivity index is 1.77. The van der Waals surface area contributed by atoms with Crippen LogP contribution in [-0.2, 0) is 0 Å². The molecule has 25 heavy (non-hydrogen) atoms. The summed E-state index contributed by atoms with van der Waals surface area (Å²) in [4.78, 5) is 15.1. The van der Waals surface area contributed by atoms with Crippen molar-refractivity contribution in [3.63, 3.8) is 0 Å². The van der Waals surface area contributed by atoms with E-state index in [0.29, 0.717) is 6.16 Å². The molecule has 0 fully saturated rings. The molecule has 1 aliphatic heterocycles. The highest BCUT2D eigenvalue weighted by Gasteiger charge is 2.27. The molecule has 0 amide bonds. The smallest absolute Gasteiger partial charge is 0.329 e. The molecule has 0 spiro atoms. The standard InChI is InChI=1S/C18H15O2PS4/c19-18(20)21-13-7-12-16(24-22-14-8-3-1-4-9-14)17(21)25-23-15-10-5-2-6-11-15/h1-12H,13H2,(H,19,20). The van der Waals surface area contributed by atoms with E-state index in [1.165, 1.54) is 4.90 Å². The molecular weight excluding hydrogens is 407 g/mol. The van der Waals surface area contributed by atoms with Crippen molar-refractivity contribution in [2.45, 2.75) is 9.79 Å². The summed E-state index contributed by atoms with van der Waals surface area (Å²) in [7, 11) is 5.34. The van der Waals surface area contributed by atoms with Gasteiger partial charge in [0.1, 0.15) is 0 Å². The second-order valence-corrected chi connectivity index (χ2v) is 11.7. The zero-order chi connectivity index (χ0) is 17.5. The third-order valence-electron chi connectivity index (χ3n) is 3.17. The van der Waals surface area contributed by atoms with E-state index in [2.05, 4.69) is 18.2 Å². The van der Waals surface area contributed by atoms with Crippen LogP contribution in [0, 0.1) is 0 Å². The number of allylic oxidation sites excluding steroid dienone is 2. The summed E-state index contributed by atoms with van der Waals surface area (Å²) in [5.74, 6) is 0. The second-order valence-electron chi connectivity index (χ2n) is 4.92. The highest BCUT2D eigenvalue weighted by Crippen LogP contribution is 2.61. The second kappa shape index (κ2) is 9.79. The van der Waals surface area contributed by atoms with Gasteiger partial charge in [0.25, 0.3) is 0 Å². The monoisotopic (exact) mass is 422 g/mol. The van der Waals surface area contributed by atoms with E-state index in [-0.39, 0.29) is 0 Å². The summed E-state index contributed by atoms with van der Waals surface area (Å²) in [5.41, 5.74) is -0.696. The van der Waals surface area contributed by atoms with Gasteiger partial charge >= 0.3 is 5.71 Å². The number of carbonyl (C=O) groups is 1. The maximum atomic E-state index is 11.7. The lowest BCUT2D eigenvalue weighted by molar-refractivity contribution is 0.221. The molecule has 2 aromatic carbocycles. The molecule has 0 saturated heterocycles. The molecule has 2 nitrogen and oxygen atoms in total. The molecule has 0 aliphatic carbocycles. The highest BCUT2D eigenvalue weighted by molar-refractivity contribution is 8.80. The highest BCUT2D eigenvalue weighted by atomic mass is 33.1. The van der Waals surface area contributed by atoms with E-state index in [4.69, 9.17) is 0 Å². The Hall–Kier alpha value is -0.780. The van der Waals surface area contributed by atoms with Crippen LogP contribution in [0.2, 0.25) is 0 Å². The maximum absolute atomic E-state index is 11.7. The summed E-state index contributed by atoms with van der Waals surface area (Å²) in [5, 5.41) is 9.63. The van der Waals surface area contributed by atoms with Crippen LogP contribution in [0.4, 0.5) is 4.79 Å². The van der Waals surface area contributed by atoms with E-state index in [1.54, 1.807) is 43.2 Å². The van der Waals surface area contributed by atoms with Gasteiger partial charge in [-0.1, -0.05) is 91.7 Å². The molecular formula is C18H15O2PS4. The summed E-state index contributed by atoms with van der Waals surface area (Å²) in [6.07, 6.45) is 4.67. The van der Waals surface area contributed by atoms with Crippen LogP contribution >= 0.6 is 51.1 Å². The predicted molar refractivity (Wildman–Crippen MR) is 116 cm³/mol. The molecule has 1 N–H and O–H groups in total. The van der Waals surface area contributed by atoms with Crippen LogP contribution in [0.25, 0.3) is 0 Å². The van der Waals surface area contributed by atoms with Gasteiger partial charge in [-0.2, -0.15) is 0 Å². The Kier molecular flexibility index (Phi) is 7.44.